The third-order valence-corrected chi connectivity index (χ3v) is 2.68. The number of carbonyl (C=O) groups excluding carboxylic acids is 1. The number of carbonyl (C=O) groups is 1. The van der Waals surface area contributed by atoms with Crippen LogP contribution in [0.15, 0.2) is 12.1 Å². The van der Waals surface area contributed by atoms with Crippen molar-refractivity contribution in [2.24, 2.45) is 0 Å². The molecule has 0 heterocycles. The Kier molecular flexibility index (Phi) is 4.33. The molecule has 0 aromatic heterocycles. The number of ether oxygens (including phenoxy) is 1. The highest BCUT2D eigenvalue weighted by molar-refractivity contribution is 6.17. The second-order valence-electron chi connectivity index (χ2n) is 3.43. The van der Waals surface area contributed by atoms with Gasteiger partial charge in [-0.1, -0.05) is 6.07 Å². The molecule has 16 heavy (non-hydrogen) atoms. The molecule has 0 fully saturated rings. The van der Waals surface area contributed by atoms with E-state index >= 15 is 0 Å². The fraction of sp³-hybridized carbons (Fsp3) is 0.333. The van der Waals surface area contributed by atoms with Crippen molar-refractivity contribution in [1.82, 2.24) is 0 Å². The fourth-order valence-electron chi connectivity index (χ4n) is 1.43. The Morgan fingerprint density at radius 2 is 2.19 bits per heavy atom. The lowest BCUT2D eigenvalue weighted by molar-refractivity contribution is -0.139. The summed E-state index contributed by atoms with van der Waals surface area (Å²) < 4.78 is 4.58. The highest BCUT2D eigenvalue weighted by atomic mass is 35.5. The van der Waals surface area contributed by atoms with Crippen LogP contribution < -0.4 is 0 Å². The van der Waals surface area contributed by atoms with Crippen LogP contribution in [0, 0.1) is 18.3 Å². The zero-order valence-corrected chi connectivity index (χ0v) is 9.97. The summed E-state index contributed by atoms with van der Waals surface area (Å²) in [4.78, 5) is 11.2. The maximum absolute atomic E-state index is 11.2. The van der Waals surface area contributed by atoms with Crippen molar-refractivity contribution >= 4 is 17.6 Å². The molecule has 0 amide bonds. The Balaban J connectivity index is 3.14. The Morgan fingerprint density at radius 1 is 1.50 bits per heavy atom. The topological polar surface area (TPSA) is 50.1 Å². The molecule has 1 aromatic rings. The Bertz CT molecular complexity index is 449. The smallest absolute Gasteiger partial charge is 0.310 e. The van der Waals surface area contributed by atoms with Crippen LogP contribution in [0.1, 0.15) is 22.3 Å². The largest absolute Gasteiger partial charge is 0.469 e. The van der Waals surface area contributed by atoms with Gasteiger partial charge in [0.15, 0.2) is 0 Å². The van der Waals surface area contributed by atoms with Gasteiger partial charge in [0.25, 0.3) is 0 Å². The quantitative estimate of drug-likeness (QED) is 0.599. The van der Waals surface area contributed by atoms with E-state index in [0.29, 0.717) is 17.0 Å². The molecule has 84 valence electrons. The molecule has 0 N–H and O–H groups in total. The molecule has 1 aromatic carbocycles. The van der Waals surface area contributed by atoms with Gasteiger partial charge in [0, 0.05) is 5.88 Å². The fourth-order valence-corrected chi connectivity index (χ4v) is 1.72. The Morgan fingerprint density at radius 3 is 2.69 bits per heavy atom. The maximum Gasteiger partial charge on any atom is 0.310 e. The third-order valence-electron chi connectivity index (χ3n) is 2.39. The van der Waals surface area contributed by atoms with E-state index in [1.54, 1.807) is 6.07 Å². The van der Waals surface area contributed by atoms with E-state index in [4.69, 9.17) is 16.9 Å². The van der Waals surface area contributed by atoms with E-state index < -0.39 is 0 Å². The van der Waals surface area contributed by atoms with Crippen molar-refractivity contribution in [3.63, 3.8) is 0 Å². The number of hydrogen-bond acceptors (Lipinski definition) is 3. The molecule has 0 aliphatic heterocycles. The predicted molar refractivity (Wildman–Crippen MR) is 61.2 cm³/mol. The molecule has 0 unspecified atom stereocenters. The van der Waals surface area contributed by atoms with Crippen LogP contribution in [0.2, 0.25) is 0 Å². The number of benzene rings is 1. The van der Waals surface area contributed by atoms with Crippen LogP contribution in [0.25, 0.3) is 0 Å². The summed E-state index contributed by atoms with van der Waals surface area (Å²) in [6.07, 6.45) is 0.114. The SMILES string of the molecule is COC(=O)Cc1cc(C)c(CCl)cc1C#N. The number of nitriles is 1. The van der Waals surface area contributed by atoms with Gasteiger partial charge in [-0.3, -0.25) is 4.79 Å². The Labute approximate surface area is 99.6 Å². The summed E-state index contributed by atoms with van der Waals surface area (Å²) >= 11 is 5.75. The van der Waals surface area contributed by atoms with Gasteiger partial charge in [0.05, 0.1) is 25.2 Å². The molecule has 0 spiro atoms. The van der Waals surface area contributed by atoms with Gasteiger partial charge in [0.1, 0.15) is 0 Å². The van der Waals surface area contributed by atoms with E-state index in [2.05, 4.69) is 10.8 Å². The van der Waals surface area contributed by atoms with Crippen molar-refractivity contribution in [1.29, 1.82) is 5.26 Å². The molecule has 0 saturated carbocycles. The second kappa shape index (κ2) is 5.53. The first-order valence-electron chi connectivity index (χ1n) is 4.77. The molecule has 0 atom stereocenters. The summed E-state index contributed by atoms with van der Waals surface area (Å²) in [6.45, 7) is 1.90. The minimum atomic E-state index is -0.352. The number of rotatable bonds is 3. The number of methoxy groups -OCH3 is 1. The normalized spacial score (nSPS) is 9.62. The minimum absolute atomic E-state index is 0.114. The van der Waals surface area contributed by atoms with Crippen LogP contribution in [-0.2, 0) is 21.8 Å². The molecule has 0 saturated heterocycles. The first-order chi connectivity index (χ1) is 7.62. The average Bonchev–Trinajstić information content (AvgIpc) is 2.29. The van der Waals surface area contributed by atoms with Gasteiger partial charge < -0.3 is 4.74 Å². The number of hydrogen-bond donors (Lipinski definition) is 0. The van der Waals surface area contributed by atoms with Gasteiger partial charge in [-0.05, 0) is 29.7 Å². The summed E-state index contributed by atoms with van der Waals surface area (Å²) in [5, 5.41) is 8.97. The molecule has 4 heteroatoms. The molecule has 3 nitrogen and oxygen atoms in total. The predicted octanol–water partition coefficient (Wildman–Crippen LogP) is 2.32. The number of esters is 1. The summed E-state index contributed by atoms with van der Waals surface area (Å²) in [6, 6.07) is 5.60. The van der Waals surface area contributed by atoms with E-state index in [9.17, 15) is 4.79 Å². The van der Waals surface area contributed by atoms with Crippen LogP contribution in [0.5, 0.6) is 0 Å². The zero-order chi connectivity index (χ0) is 12.1. The van der Waals surface area contributed by atoms with Gasteiger partial charge >= 0.3 is 5.97 Å². The van der Waals surface area contributed by atoms with Gasteiger partial charge in [0.2, 0.25) is 0 Å². The molecule has 0 aliphatic carbocycles. The Hall–Kier alpha value is -1.53. The highest BCUT2D eigenvalue weighted by Crippen LogP contribution is 2.18. The standard InChI is InChI=1S/C12H12ClNO2/c1-8-3-9(5-12(15)16-2)11(7-14)4-10(8)6-13/h3-4H,5-6H2,1-2H3. The maximum atomic E-state index is 11.2. The van der Waals surface area contributed by atoms with Gasteiger partial charge in [-0.2, -0.15) is 5.26 Å². The lowest BCUT2D eigenvalue weighted by Crippen LogP contribution is -2.07. The van der Waals surface area contributed by atoms with Crippen LogP contribution in [0.4, 0.5) is 0 Å². The van der Waals surface area contributed by atoms with Crippen LogP contribution in [0.3, 0.4) is 0 Å². The van der Waals surface area contributed by atoms with Crippen molar-refractivity contribution < 1.29 is 9.53 Å². The number of halogens is 1. The molecule has 0 radical (unpaired) electrons. The highest BCUT2D eigenvalue weighted by Gasteiger charge is 2.10. The van der Waals surface area contributed by atoms with Crippen molar-refractivity contribution in [3.8, 4) is 6.07 Å². The van der Waals surface area contributed by atoms with E-state index in [1.807, 2.05) is 13.0 Å². The lowest BCUT2D eigenvalue weighted by Gasteiger charge is -2.08. The van der Waals surface area contributed by atoms with Gasteiger partial charge in [-0.25, -0.2) is 0 Å². The molecular formula is C12H12ClNO2. The average molecular weight is 238 g/mol. The van der Waals surface area contributed by atoms with Crippen molar-refractivity contribution in [2.75, 3.05) is 7.11 Å². The molecule has 1 rings (SSSR count). The second-order valence-corrected chi connectivity index (χ2v) is 3.70. The monoisotopic (exact) mass is 237 g/mol. The summed E-state index contributed by atoms with van der Waals surface area (Å²) in [5.41, 5.74) is 3.05. The lowest BCUT2D eigenvalue weighted by atomic mass is 9.98. The number of nitrogens with zero attached hydrogens (tertiary/aromatic N) is 1. The molecular weight excluding hydrogens is 226 g/mol. The van der Waals surface area contributed by atoms with Crippen molar-refractivity contribution in [3.05, 3.63) is 34.4 Å². The van der Waals surface area contributed by atoms with Crippen LogP contribution in [-0.4, -0.2) is 13.1 Å². The van der Waals surface area contributed by atoms with E-state index in [1.165, 1.54) is 7.11 Å². The minimum Gasteiger partial charge on any atom is -0.469 e. The zero-order valence-electron chi connectivity index (χ0n) is 9.21. The van der Waals surface area contributed by atoms with Crippen molar-refractivity contribution in [2.45, 2.75) is 19.2 Å². The molecule has 0 bridgehead atoms. The summed E-state index contributed by atoms with van der Waals surface area (Å²) in [5.74, 6) is 0.00784. The van der Waals surface area contributed by atoms with E-state index in [0.717, 1.165) is 11.1 Å². The number of aryl methyl sites for hydroxylation is 1. The van der Waals surface area contributed by atoms with Gasteiger partial charge in [-0.15, -0.1) is 11.6 Å². The first-order valence-corrected chi connectivity index (χ1v) is 5.31. The number of alkyl halides is 1. The summed E-state index contributed by atoms with van der Waals surface area (Å²) in [7, 11) is 1.33. The first kappa shape index (κ1) is 12.5. The molecule has 0 aliphatic rings. The third kappa shape index (κ3) is 2.74. The van der Waals surface area contributed by atoms with E-state index in [-0.39, 0.29) is 12.4 Å². The van der Waals surface area contributed by atoms with Crippen LogP contribution >= 0.6 is 11.6 Å².